The summed E-state index contributed by atoms with van der Waals surface area (Å²) in [5, 5.41) is 9.78. The highest BCUT2D eigenvalue weighted by molar-refractivity contribution is 9.09. The average molecular weight is 296 g/mol. The largest absolute Gasteiger partial charge is 0.493 e. The highest BCUT2D eigenvalue weighted by Gasteiger charge is 2.13. The first kappa shape index (κ1) is 14.1. The predicted octanol–water partition coefficient (Wildman–Crippen LogP) is 3.91. The third-order valence-corrected chi connectivity index (χ3v) is 3.74. The van der Waals surface area contributed by atoms with Gasteiger partial charge in [0.15, 0.2) is 0 Å². The predicted molar refractivity (Wildman–Crippen MR) is 73.5 cm³/mol. The molecular formula is C14H18BrNO. The lowest BCUT2D eigenvalue weighted by Crippen LogP contribution is -2.19. The molecule has 1 rings (SSSR count). The van der Waals surface area contributed by atoms with Crippen LogP contribution in [0.15, 0.2) is 18.2 Å². The van der Waals surface area contributed by atoms with Crippen molar-refractivity contribution >= 4 is 15.9 Å². The Morgan fingerprint density at radius 1 is 1.41 bits per heavy atom. The van der Waals surface area contributed by atoms with Crippen LogP contribution < -0.4 is 4.74 Å². The van der Waals surface area contributed by atoms with Crippen LogP contribution in [-0.4, -0.2) is 11.9 Å². The summed E-state index contributed by atoms with van der Waals surface area (Å²) in [7, 11) is 0. The number of aryl methyl sites for hydroxylation is 1. The molecule has 1 atom stereocenters. The molecule has 0 fully saturated rings. The standard InChI is InChI=1S/C14H18BrNO/c1-10(2)13(7-15)9-17-14-6-12(8-16)5-4-11(14)3/h4-6,10,13H,7,9H2,1-3H3. The molecule has 0 aliphatic heterocycles. The quantitative estimate of drug-likeness (QED) is 0.772. The molecule has 0 heterocycles. The van der Waals surface area contributed by atoms with Gasteiger partial charge < -0.3 is 4.74 Å². The molecule has 0 spiro atoms. The minimum Gasteiger partial charge on any atom is -0.493 e. The third-order valence-electron chi connectivity index (χ3n) is 2.91. The van der Waals surface area contributed by atoms with E-state index in [1.165, 1.54) is 0 Å². The molecule has 17 heavy (non-hydrogen) atoms. The van der Waals surface area contributed by atoms with E-state index in [4.69, 9.17) is 10.00 Å². The van der Waals surface area contributed by atoms with Crippen molar-refractivity contribution in [1.82, 2.24) is 0 Å². The summed E-state index contributed by atoms with van der Waals surface area (Å²) in [6.45, 7) is 7.05. The van der Waals surface area contributed by atoms with Crippen LogP contribution >= 0.6 is 15.9 Å². The van der Waals surface area contributed by atoms with E-state index in [2.05, 4.69) is 35.8 Å². The molecule has 0 saturated carbocycles. The molecule has 0 N–H and O–H groups in total. The zero-order valence-corrected chi connectivity index (χ0v) is 12.1. The molecule has 0 amide bonds. The molecule has 3 heteroatoms. The van der Waals surface area contributed by atoms with Gasteiger partial charge in [-0.05, 0) is 30.5 Å². The highest BCUT2D eigenvalue weighted by Crippen LogP contribution is 2.22. The molecule has 0 aliphatic carbocycles. The maximum Gasteiger partial charge on any atom is 0.123 e. The van der Waals surface area contributed by atoms with Crippen molar-refractivity contribution in [3.63, 3.8) is 0 Å². The van der Waals surface area contributed by atoms with E-state index < -0.39 is 0 Å². The normalized spacial score (nSPS) is 12.2. The molecule has 0 bridgehead atoms. The number of benzene rings is 1. The molecule has 92 valence electrons. The summed E-state index contributed by atoms with van der Waals surface area (Å²) in [5.74, 6) is 1.88. The van der Waals surface area contributed by atoms with Crippen LogP contribution in [0.2, 0.25) is 0 Å². The van der Waals surface area contributed by atoms with E-state index >= 15 is 0 Å². The molecule has 0 aliphatic rings. The van der Waals surface area contributed by atoms with Crippen molar-refractivity contribution < 1.29 is 4.74 Å². The first-order chi connectivity index (χ1) is 8.08. The molecule has 0 radical (unpaired) electrons. The molecule has 2 nitrogen and oxygen atoms in total. The van der Waals surface area contributed by atoms with Crippen LogP contribution in [-0.2, 0) is 0 Å². The van der Waals surface area contributed by atoms with E-state index in [1.54, 1.807) is 6.07 Å². The van der Waals surface area contributed by atoms with Gasteiger partial charge in [0.25, 0.3) is 0 Å². The van der Waals surface area contributed by atoms with Gasteiger partial charge in [-0.25, -0.2) is 0 Å². The first-order valence-corrected chi connectivity index (χ1v) is 6.90. The number of alkyl halides is 1. The number of hydrogen-bond acceptors (Lipinski definition) is 2. The topological polar surface area (TPSA) is 33.0 Å². The second kappa shape index (κ2) is 6.66. The molecule has 0 saturated heterocycles. The molecule has 1 unspecified atom stereocenters. The van der Waals surface area contributed by atoms with Crippen LogP contribution in [0, 0.1) is 30.1 Å². The monoisotopic (exact) mass is 295 g/mol. The van der Waals surface area contributed by atoms with Gasteiger partial charge in [-0.1, -0.05) is 35.8 Å². The van der Waals surface area contributed by atoms with Crippen molar-refractivity contribution in [2.24, 2.45) is 11.8 Å². The summed E-state index contributed by atoms with van der Waals surface area (Å²) in [6, 6.07) is 7.67. The Hall–Kier alpha value is -1.01. The van der Waals surface area contributed by atoms with Gasteiger partial charge in [-0.3, -0.25) is 0 Å². The number of rotatable bonds is 5. The molecule has 1 aromatic carbocycles. The Labute approximate surface area is 112 Å². The fraction of sp³-hybridized carbons (Fsp3) is 0.500. The van der Waals surface area contributed by atoms with E-state index in [-0.39, 0.29) is 0 Å². The van der Waals surface area contributed by atoms with Gasteiger partial charge in [0.05, 0.1) is 18.2 Å². The van der Waals surface area contributed by atoms with Crippen LogP contribution in [0.5, 0.6) is 5.75 Å². The van der Waals surface area contributed by atoms with Crippen molar-refractivity contribution in [1.29, 1.82) is 5.26 Å². The minimum atomic E-state index is 0.486. The lowest BCUT2D eigenvalue weighted by Gasteiger charge is -2.19. The number of halogens is 1. The zero-order chi connectivity index (χ0) is 12.8. The highest BCUT2D eigenvalue weighted by atomic mass is 79.9. The van der Waals surface area contributed by atoms with E-state index in [1.807, 2.05) is 19.1 Å². The summed E-state index contributed by atoms with van der Waals surface area (Å²) < 4.78 is 5.81. The molecule has 0 aromatic heterocycles. The Kier molecular flexibility index (Phi) is 5.50. The van der Waals surface area contributed by atoms with Gasteiger partial charge in [0.1, 0.15) is 5.75 Å². The maximum absolute atomic E-state index is 8.85. The van der Waals surface area contributed by atoms with E-state index in [0.717, 1.165) is 16.6 Å². The SMILES string of the molecule is Cc1ccc(C#N)cc1OCC(CBr)C(C)C. The average Bonchev–Trinajstić information content (AvgIpc) is 2.31. The van der Waals surface area contributed by atoms with Crippen molar-refractivity contribution in [3.8, 4) is 11.8 Å². The maximum atomic E-state index is 8.85. The number of nitriles is 1. The molecular weight excluding hydrogens is 278 g/mol. The van der Waals surface area contributed by atoms with Crippen LogP contribution in [0.25, 0.3) is 0 Å². The van der Waals surface area contributed by atoms with Gasteiger partial charge in [0, 0.05) is 11.2 Å². The Bertz CT molecular complexity index is 409. The van der Waals surface area contributed by atoms with E-state index in [0.29, 0.717) is 24.0 Å². The van der Waals surface area contributed by atoms with Gasteiger partial charge in [-0.2, -0.15) is 5.26 Å². The summed E-state index contributed by atoms with van der Waals surface area (Å²) in [5.41, 5.74) is 1.71. The Morgan fingerprint density at radius 3 is 2.65 bits per heavy atom. The number of hydrogen-bond donors (Lipinski definition) is 0. The molecule has 1 aromatic rings. The smallest absolute Gasteiger partial charge is 0.123 e. The van der Waals surface area contributed by atoms with Gasteiger partial charge >= 0.3 is 0 Å². The van der Waals surface area contributed by atoms with E-state index in [9.17, 15) is 0 Å². The summed E-state index contributed by atoms with van der Waals surface area (Å²) in [4.78, 5) is 0. The fourth-order valence-electron chi connectivity index (χ4n) is 1.44. The van der Waals surface area contributed by atoms with Crippen LogP contribution in [0.3, 0.4) is 0 Å². The van der Waals surface area contributed by atoms with Crippen molar-refractivity contribution in [3.05, 3.63) is 29.3 Å². The third kappa shape index (κ3) is 4.05. The van der Waals surface area contributed by atoms with Gasteiger partial charge in [-0.15, -0.1) is 0 Å². The van der Waals surface area contributed by atoms with Crippen LogP contribution in [0.1, 0.15) is 25.0 Å². The Morgan fingerprint density at radius 2 is 2.12 bits per heavy atom. The fourth-order valence-corrected chi connectivity index (χ4v) is 2.37. The second-order valence-electron chi connectivity index (χ2n) is 4.56. The summed E-state index contributed by atoms with van der Waals surface area (Å²) in [6.07, 6.45) is 0. The first-order valence-electron chi connectivity index (χ1n) is 5.78. The lowest BCUT2D eigenvalue weighted by atomic mass is 9.99. The minimum absolute atomic E-state index is 0.486. The van der Waals surface area contributed by atoms with Crippen LogP contribution in [0.4, 0.5) is 0 Å². The Balaban J connectivity index is 2.71. The second-order valence-corrected chi connectivity index (χ2v) is 5.21. The van der Waals surface area contributed by atoms with Crippen molar-refractivity contribution in [2.75, 3.05) is 11.9 Å². The summed E-state index contributed by atoms with van der Waals surface area (Å²) >= 11 is 3.50. The number of nitrogens with zero attached hydrogens (tertiary/aromatic N) is 1. The van der Waals surface area contributed by atoms with Crippen molar-refractivity contribution in [2.45, 2.75) is 20.8 Å². The zero-order valence-electron chi connectivity index (χ0n) is 10.5. The lowest BCUT2D eigenvalue weighted by molar-refractivity contribution is 0.226. The number of ether oxygens (including phenoxy) is 1. The van der Waals surface area contributed by atoms with Gasteiger partial charge in [0.2, 0.25) is 0 Å².